The molecule has 0 aromatic heterocycles. The number of allylic oxidation sites excluding steroid dienone is 1. The third-order valence-corrected chi connectivity index (χ3v) is 2.25. The highest BCUT2D eigenvalue weighted by molar-refractivity contribution is 5.81. The molecule has 0 aromatic carbocycles. The molecule has 2 N–H and O–H groups in total. The summed E-state index contributed by atoms with van der Waals surface area (Å²) in [5.74, 6) is -0.397. The molecule has 96 valence electrons. The van der Waals surface area contributed by atoms with Crippen LogP contribution in [0.2, 0.25) is 0 Å². The number of esters is 1. The first-order valence-corrected chi connectivity index (χ1v) is 5.45. The van der Waals surface area contributed by atoms with E-state index < -0.39 is 12.1 Å². The minimum Gasteiger partial charge on any atom is -1.00 e. The molecule has 0 heterocycles. The Bertz CT molecular complexity index is 205. The van der Waals surface area contributed by atoms with Gasteiger partial charge < -0.3 is 19.4 Å². The summed E-state index contributed by atoms with van der Waals surface area (Å²) in [6.45, 7) is 8.52. The highest BCUT2D eigenvalue weighted by Gasteiger charge is 2.13. The number of aliphatic hydroxyl groups is 1. The van der Waals surface area contributed by atoms with Crippen molar-refractivity contribution >= 4 is 5.97 Å². The zero-order valence-corrected chi connectivity index (χ0v) is 10.2. The Labute approximate surface area is 96.3 Å². The average Bonchev–Trinajstić information content (AvgIpc) is 2.23. The van der Waals surface area contributed by atoms with Crippen molar-refractivity contribution < 1.29 is 24.2 Å². The zero-order chi connectivity index (χ0) is 11.7. The number of likely N-dealkylation sites (N-methyl/N-ethyl adjacent to an activating group) is 1. The van der Waals surface area contributed by atoms with Crippen molar-refractivity contribution in [2.75, 3.05) is 26.2 Å². The summed E-state index contributed by atoms with van der Waals surface area (Å²) < 4.78 is 4.85. The van der Waals surface area contributed by atoms with E-state index in [1.807, 2.05) is 0 Å². The highest BCUT2D eigenvalue weighted by Crippen LogP contribution is 1.85. The lowest BCUT2D eigenvalue weighted by Gasteiger charge is -2.18. The Morgan fingerprint density at radius 3 is 2.44 bits per heavy atom. The molecule has 16 heavy (non-hydrogen) atoms. The van der Waals surface area contributed by atoms with Gasteiger partial charge in [-0.3, -0.25) is 0 Å². The van der Waals surface area contributed by atoms with Crippen LogP contribution in [-0.4, -0.2) is 43.4 Å². The van der Waals surface area contributed by atoms with Crippen LogP contribution in [0.4, 0.5) is 0 Å². The minimum atomic E-state index is -0.575. The predicted molar refractivity (Wildman–Crippen MR) is 58.7 cm³/mol. The Hall–Kier alpha value is -0.940. The summed E-state index contributed by atoms with van der Waals surface area (Å²) in [5, 5.41) is 9.58. The summed E-state index contributed by atoms with van der Waals surface area (Å²) in [6, 6.07) is 0. The molecule has 0 saturated heterocycles. The molecule has 4 nitrogen and oxygen atoms in total. The van der Waals surface area contributed by atoms with Crippen LogP contribution in [0.15, 0.2) is 12.2 Å². The molecule has 1 unspecified atom stereocenters. The molecule has 0 spiro atoms. The van der Waals surface area contributed by atoms with Gasteiger partial charge in [0.05, 0.1) is 13.1 Å². The van der Waals surface area contributed by atoms with Crippen LogP contribution < -0.4 is 9.60 Å². The number of carbonyl (C=O) groups excluding carboxylic acids is 1. The van der Waals surface area contributed by atoms with Crippen LogP contribution in [0, 0.1) is 0 Å². The van der Waals surface area contributed by atoms with E-state index in [0.29, 0.717) is 6.54 Å². The molecule has 0 fully saturated rings. The van der Waals surface area contributed by atoms with Gasteiger partial charge in [-0.2, -0.15) is 0 Å². The Morgan fingerprint density at radius 2 is 2.00 bits per heavy atom. The van der Waals surface area contributed by atoms with Gasteiger partial charge in [0.25, 0.3) is 0 Å². The molecule has 0 aromatic rings. The van der Waals surface area contributed by atoms with Crippen molar-refractivity contribution in [2.45, 2.75) is 26.9 Å². The van der Waals surface area contributed by atoms with Gasteiger partial charge in [0, 0.05) is 6.08 Å². The van der Waals surface area contributed by atoms with Gasteiger partial charge in [-0.25, -0.2) is 4.79 Å². The quantitative estimate of drug-likeness (QED) is 0.354. The molecule has 0 saturated carbocycles. The van der Waals surface area contributed by atoms with Crippen LogP contribution in [0.3, 0.4) is 0 Å². The lowest BCUT2D eigenvalue weighted by molar-refractivity contribution is -0.899. The first-order valence-electron chi connectivity index (χ1n) is 5.45. The van der Waals surface area contributed by atoms with Crippen molar-refractivity contribution in [3.8, 4) is 0 Å². The zero-order valence-electron chi connectivity index (χ0n) is 10.2. The number of nitrogens with one attached hydrogen (secondary N) is 1. The summed E-state index contributed by atoms with van der Waals surface area (Å²) in [6.07, 6.45) is 2.38. The maximum atomic E-state index is 10.9. The third-order valence-electron chi connectivity index (χ3n) is 2.25. The fourth-order valence-electron chi connectivity index (χ4n) is 1.29. The number of hydrogen-bond acceptors (Lipinski definition) is 3. The topological polar surface area (TPSA) is 51.0 Å². The minimum absolute atomic E-state index is 0. The smallest absolute Gasteiger partial charge is 0.330 e. The van der Waals surface area contributed by atoms with Crippen molar-refractivity contribution in [1.29, 1.82) is 0 Å². The first-order chi connectivity index (χ1) is 7.13. The predicted octanol–water partition coefficient (Wildman–Crippen LogP) is -3.60. The van der Waals surface area contributed by atoms with Gasteiger partial charge in [-0.15, -0.1) is 0 Å². The monoisotopic (exact) mass is 235 g/mol. The molecule has 0 rings (SSSR count). The van der Waals surface area contributed by atoms with E-state index in [0.717, 1.165) is 13.1 Å². The van der Waals surface area contributed by atoms with E-state index in [1.54, 1.807) is 13.0 Å². The second-order valence-corrected chi connectivity index (χ2v) is 3.45. The molecule has 0 aliphatic rings. The van der Waals surface area contributed by atoms with Gasteiger partial charge in [-0.05, 0) is 20.8 Å². The van der Waals surface area contributed by atoms with Gasteiger partial charge in [0.15, 0.2) is 0 Å². The Balaban J connectivity index is 0. The van der Waals surface area contributed by atoms with E-state index in [9.17, 15) is 9.90 Å². The molecular weight excluding hydrogens is 213 g/mol. The third kappa shape index (κ3) is 8.38. The number of hydrogen-bond donors (Lipinski definition) is 2. The molecule has 0 amide bonds. The molecule has 0 aliphatic heterocycles. The van der Waals surface area contributed by atoms with E-state index in [2.05, 4.69) is 13.8 Å². The fourth-order valence-corrected chi connectivity index (χ4v) is 1.29. The molecule has 0 aliphatic carbocycles. The maximum absolute atomic E-state index is 10.9. The number of aliphatic hydroxyl groups excluding tert-OH is 1. The SMILES string of the molecule is CC=CC(=O)OCC(O)C[NH+](CC)CC.[F-]. The van der Waals surface area contributed by atoms with Crippen LogP contribution in [0.25, 0.3) is 0 Å². The summed E-state index contributed by atoms with van der Waals surface area (Å²) in [5.41, 5.74) is 0. The van der Waals surface area contributed by atoms with Gasteiger partial charge in [0.2, 0.25) is 0 Å². The van der Waals surface area contributed by atoms with E-state index in [1.165, 1.54) is 11.0 Å². The van der Waals surface area contributed by atoms with Crippen LogP contribution in [0.5, 0.6) is 0 Å². The van der Waals surface area contributed by atoms with E-state index >= 15 is 0 Å². The van der Waals surface area contributed by atoms with E-state index in [4.69, 9.17) is 4.74 Å². The lowest BCUT2D eigenvalue weighted by atomic mass is 10.3. The number of carbonyl (C=O) groups is 1. The Kier molecular flexibility index (Phi) is 11.5. The molecule has 5 heteroatoms. The van der Waals surface area contributed by atoms with Crippen LogP contribution >= 0.6 is 0 Å². The van der Waals surface area contributed by atoms with Gasteiger partial charge in [0.1, 0.15) is 19.3 Å². The molecule has 1 atom stereocenters. The standard InChI is InChI=1S/C11H21NO3.FH/c1-4-7-11(14)15-9-10(13)8-12(5-2)6-3;/h4,7,10,13H,5-6,8-9H2,1-3H3;1H. The van der Waals surface area contributed by atoms with Crippen molar-refractivity contribution in [3.63, 3.8) is 0 Å². The molecule has 0 radical (unpaired) electrons. The van der Waals surface area contributed by atoms with Gasteiger partial charge in [-0.1, -0.05) is 6.08 Å². The largest absolute Gasteiger partial charge is 1.00 e. The molecule has 0 bridgehead atoms. The number of quaternary nitrogens is 1. The van der Waals surface area contributed by atoms with Crippen molar-refractivity contribution in [3.05, 3.63) is 12.2 Å². The Morgan fingerprint density at radius 1 is 1.44 bits per heavy atom. The second-order valence-electron chi connectivity index (χ2n) is 3.45. The summed E-state index contributed by atoms with van der Waals surface area (Å²) in [7, 11) is 0. The molecular formula is C11H22FNO3. The van der Waals surface area contributed by atoms with Gasteiger partial charge >= 0.3 is 5.97 Å². The number of ether oxygens (including phenoxy) is 1. The fraction of sp³-hybridized carbons (Fsp3) is 0.727. The van der Waals surface area contributed by atoms with Crippen molar-refractivity contribution in [1.82, 2.24) is 0 Å². The summed E-state index contributed by atoms with van der Waals surface area (Å²) in [4.78, 5) is 12.2. The number of halogens is 1. The second kappa shape index (κ2) is 10.6. The van der Waals surface area contributed by atoms with Crippen molar-refractivity contribution in [2.24, 2.45) is 0 Å². The number of rotatable bonds is 7. The summed E-state index contributed by atoms with van der Waals surface area (Å²) >= 11 is 0. The normalized spacial score (nSPS) is 12.6. The van der Waals surface area contributed by atoms with Crippen LogP contribution in [-0.2, 0) is 9.53 Å². The highest BCUT2D eigenvalue weighted by atomic mass is 19.0. The first kappa shape index (κ1) is 17.5. The van der Waals surface area contributed by atoms with E-state index in [-0.39, 0.29) is 11.3 Å². The average molecular weight is 235 g/mol. The lowest BCUT2D eigenvalue weighted by Crippen LogP contribution is -3.12. The maximum Gasteiger partial charge on any atom is 0.330 e. The van der Waals surface area contributed by atoms with Crippen LogP contribution in [0.1, 0.15) is 20.8 Å².